The largest absolute Gasteiger partial charge is 0.370 e. The number of aromatic nitrogens is 3. The van der Waals surface area contributed by atoms with E-state index in [2.05, 4.69) is 57.7 Å². The van der Waals surface area contributed by atoms with Crippen molar-refractivity contribution >= 4 is 40.8 Å². The van der Waals surface area contributed by atoms with Gasteiger partial charge in [0.1, 0.15) is 6.10 Å². The summed E-state index contributed by atoms with van der Waals surface area (Å²) in [6.07, 6.45) is 8.12. The number of nitrogens with zero attached hydrogens (tertiary/aromatic N) is 4. The third-order valence-corrected chi connectivity index (χ3v) is 5.34. The highest BCUT2D eigenvalue weighted by atomic mass is 127. The number of hydrogen-bond acceptors (Lipinski definition) is 3. The summed E-state index contributed by atoms with van der Waals surface area (Å²) < 4.78 is 7.79. The van der Waals surface area contributed by atoms with Crippen molar-refractivity contribution in [3.63, 3.8) is 0 Å². The number of rotatable bonds is 6. The second-order valence-corrected chi connectivity index (χ2v) is 7.45. The fraction of sp³-hybridized carbons (Fsp3) is 0.455. The Bertz CT molecular complexity index is 965. The van der Waals surface area contributed by atoms with Gasteiger partial charge in [-0.2, -0.15) is 5.10 Å². The smallest absolute Gasteiger partial charge is 0.194 e. The van der Waals surface area contributed by atoms with Gasteiger partial charge in [0.25, 0.3) is 0 Å². The molecule has 2 N–H and O–H groups in total. The molecule has 0 aliphatic carbocycles. The summed E-state index contributed by atoms with van der Waals surface area (Å²) in [5, 5.41) is 9.04. The molecule has 30 heavy (non-hydrogen) atoms. The number of ether oxygens (including phenoxy) is 1. The Hall–Kier alpha value is -2.07. The standard InChI is InChI=1S/C22H30N6O.HI/c1-3-23-22(28-11-12-29-21(16-28)18-14-26-27(2)15-18)24-10-6-7-17-13-25-20-9-5-4-8-19(17)20;/h4-5,8-9,13-15,21,25H,3,6-7,10-12,16H2,1-2H3,(H,23,24);1H. The molecule has 0 amide bonds. The normalized spacial score (nSPS) is 17.2. The Labute approximate surface area is 194 Å². The molecule has 1 saturated heterocycles. The highest BCUT2D eigenvalue weighted by Crippen LogP contribution is 2.22. The summed E-state index contributed by atoms with van der Waals surface area (Å²) in [5.74, 6) is 0.976. The number of benzene rings is 1. The molecule has 0 spiro atoms. The first-order valence-electron chi connectivity index (χ1n) is 10.4. The molecule has 1 aliphatic rings. The summed E-state index contributed by atoms with van der Waals surface area (Å²) in [4.78, 5) is 10.6. The van der Waals surface area contributed by atoms with Gasteiger partial charge in [-0.3, -0.25) is 9.67 Å². The lowest BCUT2D eigenvalue weighted by Gasteiger charge is -2.34. The van der Waals surface area contributed by atoms with Gasteiger partial charge in [0.15, 0.2) is 5.96 Å². The van der Waals surface area contributed by atoms with Gasteiger partial charge in [0.05, 0.1) is 19.3 Å². The summed E-state index contributed by atoms with van der Waals surface area (Å²) in [7, 11) is 1.93. The lowest BCUT2D eigenvalue weighted by molar-refractivity contribution is -0.00804. The molecule has 0 bridgehead atoms. The van der Waals surface area contributed by atoms with E-state index in [4.69, 9.17) is 9.73 Å². The van der Waals surface area contributed by atoms with Gasteiger partial charge in [0, 0.05) is 55.5 Å². The number of H-pyrrole nitrogens is 1. The van der Waals surface area contributed by atoms with Gasteiger partial charge in [-0.15, -0.1) is 24.0 Å². The van der Waals surface area contributed by atoms with Crippen LogP contribution in [-0.4, -0.2) is 58.4 Å². The number of aryl methyl sites for hydroxylation is 2. The highest BCUT2D eigenvalue weighted by molar-refractivity contribution is 14.0. The number of halogens is 1. The Balaban J connectivity index is 0.00000256. The Morgan fingerprint density at radius 1 is 1.37 bits per heavy atom. The average Bonchev–Trinajstić information content (AvgIpc) is 3.37. The van der Waals surface area contributed by atoms with Crippen LogP contribution in [0.3, 0.4) is 0 Å². The summed E-state index contributed by atoms with van der Waals surface area (Å²) in [6.45, 7) is 6.11. The van der Waals surface area contributed by atoms with Crippen LogP contribution in [-0.2, 0) is 18.2 Å². The quantitative estimate of drug-likeness (QED) is 0.225. The number of aromatic amines is 1. The van der Waals surface area contributed by atoms with Crippen LogP contribution in [0.1, 0.15) is 30.6 Å². The molecule has 4 rings (SSSR count). The molecule has 1 unspecified atom stereocenters. The Kier molecular flexibility index (Phi) is 8.15. The van der Waals surface area contributed by atoms with Gasteiger partial charge in [-0.1, -0.05) is 18.2 Å². The van der Waals surface area contributed by atoms with Crippen LogP contribution in [0.2, 0.25) is 0 Å². The van der Waals surface area contributed by atoms with E-state index in [1.807, 2.05) is 24.1 Å². The maximum atomic E-state index is 5.97. The van der Waals surface area contributed by atoms with Crippen molar-refractivity contribution in [3.8, 4) is 0 Å². The van der Waals surface area contributed by atoms with Gasteiger partial charge >= 0.3 is 0 Å². The van der Waals surface area contributed by atoms with Crippen molar-refractivity contribution in [2.24, 2.45) is 12.0 Å². The molecule has 0 saturated carbocycles. The van der Waals surface area contributed by atoms with E-state index in [0.29, 0.717) is 6.61 Å². The fourth-order valence-electron chi connectivity index (χ4n) is 3.87. The van der Waals surface area contributed by atoms with Gasteiger partial charge < -0.3 is 19.9 Å². The van der Waals surface area contributed by atoms with E-state index in [1.165, 1.54) is 16.5 Å². The van der Waals surface area contributed by atoms with E-state index < -0.39 is 0 Å². The van der Waals surface area contributed by atoms with Gasteiger partial charge in [0.2, 0.25) is 0 Å². The molecule has 1 aromatic carbocycles. The molecule has 1 aliphatic heterocycles. The zero-order valence-electron chi connectivity index (χ0n) is 17.7. The molecule has 0 radical (unpaired) electrons. The van der Waals surface area contributed by atoms with Gasteiger partial charge in [-0.25, -0.2) is 0 Å². The van der Waals surface area contributed by atoms with Crippen molar-refractivity contribution < 1.29 is 4.74 Å². The molecule has 1 atom stereocenters. The number of hydrogen-bond donors (Lipinski definition) is 2. The van der Waals surface area contributed by atoms with E-state index in [0.717, 1.165) is 50.5 Å². The fourth-order valence-corrected chi connectivity index (χ4v) is 3.87. The lowest BCUT2D eigenvalue weighted by Crippen LogP contribution is -2.48. The Morgan fingerprint density at radius 3 is 3.03 bits per heavy atom. The van der Waals surface area contributed by atoms with E-state index in [1.54, 1.807) is 0 Å². The molecule has 7 nitrogen and oxygen atoms in total. The van der Waals surface area contributed by atoms with Crippen molar-refractivity contribution in [3.05, 3.63) is 54.0 Å². The van der Waals surface area contributed by atoms with E-state index >= 15 is 0 Å². The SMILES string of the molecule is CCNC(=NCCCc1c[nH]c2ccccc12)N1CCOC(c2cnn(C)c2)C1.I. The minimum absolute atomic E-state index is 0. The molecule has 3 heterocycles. The van der Waals surface area contributed by atoms with Crippen LogP contribution >= 0.6 is 24.0 Å². The zero-order chi connectivity index (χ0) is 20.1. The van der Waals surface area contributed by atoms with Crippen LogP contribution in [0.25, 0.3) is 10.9 Å². The third-order valence-electron chi connectivity index (χ3n) is 5.34. The van der Waals surface area contributed by atoms with E-state index in [-0.39, 0.29) is 30.1 Å². The molecule has 8 heteroatoms. The van der Waals surface area contributed by atoms with Crippen LogP contribution < -0.4 is 5.32 Å². The third kappa shape index (κ3) is 5.34. The summed E-state index contributed by atoms with van der Waals surface area (Å²) >= 11 is 0. The molecule has 3 aromatic rings. The summed E-state index contributed by atoms with van der Waals surface area (Å²) in [5.41, 5.74) is 3.69. The van der Waals surface area contributed by atoms with Crippen LogP contribution in [0.4, 0.5) is 0 Å². The molecular formula is C22H31IN6O. The molecule has 2 aromatic heterocycles. The predicted octanol–water partition coefficient (Wildman–Crippen LogP) is 3.49. The highest BCUT2D eigenvalue weighted by Gasteiger charge is 2.25. The van der Waals surface area contributed by atoms with Crippen LogP contribution in [0.15, 0.2) is 47.8 Å². The summed E-state index contributed by atoms with van der Waals surface area (Å²) in [6, 6.07) is 8.47. The van der Waals surface area contributed by atoms with Gasteiger partial charge in [-0.05, 0) is 31.4 Å². The molecular weight excluding hydrogens is 491 g/mol. The molecule has 1 fully saturated rings. The number of fused-ring (bicyclic) bond motifs is 1. The minimum Gasteiger partial charge on any atom is -0.370 e. The number of guanidine groups is 1. The number of aliphatic imine (C=N–C) groups is 1. The number of para-hydroxylation sites is 1. The van der Waals surface area contributed by atoms with Crippen molar-refractivity contribution in [2.45, 2.75) is 25.9 Å². The second-order valence-electron chi connectivity index (χ2n) is 7.45. The van der Waals surface area contributed by atoms with Crippen molar-refractivity contribution in [1.82, 2.24) is 25.0 Å². The maximum Gasteiger partial charge on any atom is 0.194 e. The molecule has 162 valence electrons. The number of nitrogens with one attached hydrogen (secondary N) is 2. The predicted molar refractivity (Wildman–Crippen MR) is 131 cm³/mol. The van der Waals surface area contributed by atoms with Crippen molar-refractivity contribution in [2.75, 3.05) is 32.8 Å². The zero-order valence-corrected chi connectivity index (χ0v) is 20.0. The Morgan fingerprint density at radius 2 is 2.23 bits per heavy atom. The minimum atomic E-state index is 0. The average molecular weight is 522 g/mol. The first kappa shape index (κ1) is 22.6. The van der Waals surface area contributed by atoms with E-state index in [9.17, 15) is 0 Å². The topological polar surface area (TPSA) is 70.5 Å². The monoisotopic (exact) mass is 522 g/mol. The number of morpholine rings is 1. The lowest BCUT2D eigenvalue weighted by atomic mass is 10.1. The van der Waals surface area contributed by atoms with Crippen LogP contribution in [0.5, 0.6) is 0 Å². The second kappa shape index (κ2) is 10.8. The van der Waals surface area contributed by atoms with Crippen LogP contribution in [0, 0.1) is 0 Å². The van der Waals surface area contributed by atoms with Crippen molar-refractivity contribution in [1.29, 1.82) is 0 Å². The first-order valence-corrected chi connectivity index (χ1v) is 10.4. The first-order chi connectivity index (χ1) is 14.2. The maximum absolute atomic E-state index is 5.97.